The lowest BCUT2D eigenvalue weighted by atomic mass is 9.88. The SMILES string of the molecule is Cc1cc2nc([C@@H]3CO[C@H](CCc4c(F)cncc4NC(=O)C[C@@H](c4ccc(F)cc4)c4cc(F)cc(F)c4)CN3C(=O)OC(C)(C)C)[nH]c2cc1C. The average molecular weight is 732 g/mol. The van der Waals surface area contributed by atoms with E-state index in [2.05, 4.69) is 15.3 Å². The number of hydrogen-bond acceptors (Lipinski definition) is 6. The van der Waals surface area contributed by atoms with Gasteiger partial charge in [0.1, 0.15) is 40.7 Å². The second kappa shape index (κ2) is 15.4. The van der Waals surface area contributed by atoms with Gasteiger partial charge in [0.25, 0.3) is 0 Å². The molecule has 0 aliphatic carbocycles. The van der Waals surface area contributed by atoms with Crippen molar-refractivity contribution in [3.63, 3.8) is 0 Å². The summed E-state index contributed by atoms with van der Waals surface area (Å²) < 4.78 is 69.5. The number of aromatic nitrogens is 3. The molecule has 0 unspecified atom stereocenters. The van der Waals surface area contributed by atoms with Crippen LogP contribution in [-0.4, -0.2) is 56.7 Å². The molecule has 1 aliphatic rings. The Morgan fingerprint density at radius 3 is 2.36 bits per heavy atom. The number of ether oxygens (including phenoxy) is 2. The van der Waals surface area contributed by atoms with Gasteiger partial charge in [-0.1, -0.05) is 12.1 Å². The first-order valence-electron chi connectivity index (χ1n) is 17.4. The van der Waals surface area contributed by atoms with Gasteiger partial charge in [-0.3, -0.25) is 14.7 Å². The summed E-state index contributed by atoms with van der Waals surface area (Å²) in [5.74, 6) is -3.68. The molecular weight excluding hydrogens is 690 g/mol. The van der Waals surface area contributed by atoms with E-state index >= 15 is 4.39 Å². The van der Waals surface area contributed by atoms with Gasteiger partial charge in [0.05, 0.1) is 48.4 Å². The van der Waals surface area contributed by atoms with Gasteiger partial charge in [0.2, 0.25) is 5.91 Å². The van der Waals surface area contributed by atoms with E-state index < -0.39 is 58.9 Å². The third-order valence-electron chi connectivity index (χ3n) is 9.27. The van der Waals surface area contributed by atoms with Crippen molar-refractivity contribution in [2.24, 2.45) is 0 Å². The molecule has 3 atom stereocenters. The molecule has 6 rings (SSSR count). The number of pyridine rings is 1. The minimum Gasteiger partial charge on any atom is -0.444 e. The van der Waals surface area contributed by atoms with Crippen LogP contribution in [0.4, 0.5) is 28.0 Å². The van der Waals surface area contributed by atoms with Crippen molar-refractivity contribution in [3.05, 3.63) is 124 Å². The van der Waals surface area contributed by atoms with Crippen LogP contribution in [0.25, 0.3) is 11.0 Å². The van der Waals surface area contributed by atoms with E-state index in [1.165, 1.54) is 30.5 Å². The zero-order valence-electron chi connectivity index (χ0n) is 30.1. The van der Waals surface area contributed by atoms with Gasteiger partial charge in [-0.15, -0.1) is 0 Å². The number of benzene rings is 3. The van der Waals surface area contributed by atoms with Gasteiger partial charge >= 0.3 is 6.09 Å². The molecule has 9 nitrogen and oxygen atoms in total. The molecule has 53 heavy (non-hydrogen) atoms. The molecule has 0 spiro atoms. The monoisotopic (exact) mass is 731 g/mol. The van der Waals surface area contributed by atoms with Crippen LogP contribution >= 0.6 is 0 Å². The van der Waals surface area contributed by atoms with Crippen molar-refractivity contribution in [3.8, 4) is 0 Å². The lowest BCUT2D eigenvalue weighted by molar-refractivity contribution is -0.116. The molecule has 3 heterocycles. The Labute approximate surface area is 304 Å². The molecule has 0 radical (unpaired) electrons. The van der Waals surface area contributed by atoms with Crippen LogP contribution in [0.5, 0.6) is 0 Å². The maximum atomic E-state index is 15.3. The Hall–Kier alpha value is -5.30. The predicted octanol–water partition coefficient (Wildman–Crippen LogP) is 8.60. The van der Waals surface area contributed by atoms with Crippen LogP contribution in [-0.2, 0) is 20.7 Å². The smallest absolute Gasteiger partial charge is 0.411 e. The summed E-state index contributed by atoms with van der Waals surface area (Å²) in [5.41, 5.74) is 3.96. The molecular formula is C40H41F4N5O4. The van der Waals surface area contributed by atoms with Crippen LogP contribution in [0.15, 0.2) is 67.0 Å². The molecule has 13 heteroatoms. The topological polar surface area (TPSA) is 109 Å². The number of hydrogen-bond donors (Lipinski definition) is 2. The molecule has 2 N–H and O–H groups in total. The van der Waals surface area contributed by atoms with Crippen molar-refractivity contribution in [2.45, 2.75) is 77.5 Å². The molecule has 5 aromatic rings. The standard InChI is InChI=1S/C40H41F4N5O4/c1-22-12-33-34(13-23(22)2)48-38(47-33)36-21-52-29(20-49(36)39(51)53-40(3,4)5)10-11-30-32(44)18-45-19-35(30)46-37(50)17-31(24-6-8-26(41)9-7-24)25-14-27(42)16-28(43)15-25/h6-9,12-16,18-19,29,31,36H,10-11,17,20-21H2,1-5H3,(H,46,50)(H,47,48)/t29-,31+,36+/m1/s1. The minimum atomic E-state index is -0.840. The number of imidazole rings is 1. The Morgan fingerprint density at radius 2 is 1.66 bits per heavy atom. The van der Waals surface area contributed by atoms with Crippen LogP contribution in [0.1, 0.15) is 79.2 Å². The number of rotatable bonds is 9. The van der Waals surface area contributed by atoms with Crippen LogP contribution in [0, 0.1) is 37.1 Å². The molecule has 1 aliphatic heterocycles. The lowest BCUT2D eigenvalue weighted by Crippen LogP contribution is -2.49. The maximum Gasteiger partial charge on any atom is 0.411 e. The molecule has 1 saturated heterocycles. The number of nitrogens with one attached hydrogen (secondary N) is 2. The van der Waals surface area contributed by atoms with Crippen molar-refractivity contribution in [1.82, 2.24) is 19.9 Å². The van der Waals surface area contributed by atoms with E-state index in [4.69, 9.17) is 14.5 Å². The fourth-order valence-electron chi connectivity index (χ4n) is 6.50. The Kier molecular flexibility index (Phi) is 10.9. The molecule has 2 aromatic heterocycles. The first-order valence-corrected chi connectivity index (χ1v) is 17.4. The highest BCUT2D eigenvalue weighted by atomic mass is 19.1. The third kappa shape index (κ3) is 9.02. The number of aromatic amines is 1. The summed E-state index contributed by atoms with van der Waals surface area (Å²) in [6.07, 6.45) is 1.40. The van der Waals surface area contributed by atoms with E-state index in [9.17, 15) is 22.8 Å². The summed E-state index contributed by atoms with van der Waals surface area (Å²) in [4.78, 5) is 40.6. The zero-order valence-corrected chi connectivity index (χ0v) is 30.1. The number of halogens is 4. The van der Waals surface area contributed by atoms with E-state index in [-0.39, 0.29) is 49.2 Å². The number of aryl methyl sites for hydroxylation is 2. The number of anilines is 1. The number of H-pyrrole nitrogens is 1. The lowest BCUT2D eigenvalue weighted by Gasteiger charge is -2.39. The number of carbonyl (C=O) groups excluding carboxylic acids is 2. The summed E-state index contributed by atoms with van der Waals surface area (Å²) in [7, 11) is 0. The van der Waals surface area contributed by atoms with Crippen molar-refractivity contribution in [2.75, 3.05) is 18.5 Å². The largest absolute Gasteiger partial charge is 0.444 e. The minimum absolute atomic E-state index is 0.107. The second-order valence-electron chi connectivity index (χ2n) is 14.4. The molecule has 0 saturated carbocycles. The average Bonchev–Trinajstić information content (AvgIpc) is 3.48. The van der Waals surface area contributed by atoms with Crippen molar-refractivity contribution >= 4 is 28.7 Å². The molecule has 278 valence electrons. The van der Waals surface area contributed by atoms with Crippen LogP contribution < -0.4 is 5.32 Å². The number of nitrogens with zero attached hydrogens (tertiary/aromatic N) is 3. The highest BCUT2D eigenvalue weighted by Gasteiger charge is 2.37. The Balaban J connectivity index is 1.19. The molecule has 3 aromatic carbocycles. The summed E-state index contributed by atoms with van der Waals surface area (Å²) in [6, 6.07) is 11.7. The van der Waals surface area contributed by atoms with Gasteiger partial charge in [0, 0.05) is 24.0 Å². The third-order valence-corrected chi connectivity index (χ3v) is 9.27. The zero-order chi connectivity index (χ0) is 38.0. The van der Waals surface area contributed by atoms with Crippen molar-refractivity contribution in [1.29, 1.82) is 0 Å². The number of morpholine rings is 1. The van der Waals surface area contributed by atoms with E-state index in [1.54, 1.807) is 25.7 Å². The fraction of sp³-hybridized carbons (Fsp3) is 0.350. The summed E-state index contributed by atoms with van der Waals surface area (Å²) in [6.45, 7) is 9.61. The normalized spacial score (nSPS) is 16.8. The highest BCUT2D eigenvalue weighted by molar-refractivity contribution is 5.92. The number of amides is 2. The Morgan fingerprint density at radius 1 is 0.962 bits per heavy atom. The Bertz CT molecular complexity index is 2070. The van der Waals surface area contributed by atoms with Gasteiger partial charge in [-0.05, 0) is 106 Å². The quantitative estimate of drug-likeness (QED) is 0.147. The first-order chi connectivity index (χ1) is 25.1. The van der Waals surface area contributed by atoms with Crippen LogP contribution in [0.3, 0.4) is 0 Å². The number of carbonyl (C=O) groups is 2. The summed E-state index contributed by atoms with van der Waals surface area (Å²) >= 11 is 0. The second-order valence-corrected chi connectivity index (χ2v) is 14.4. The van der Waals surface area contributed by atoms with Gasteiger partial charge in [-0.2, -0.15) is 0 Å². The highest BCUT2D eigenvalue weighted by Crippen LogP contribution is 2.33. The molecule has 0 bridgehead atoms. The molecule has 1 fully saturated rings. The predicted molar refractivity (Wildman–Crippen MR) is 191 cm³/mol. The van der Waals surface area contributed by atoms with E-state index in [1.807, 2.05) is 26.0 Å². The number of fused-ring (bicyclic) bond motifs is 1. The summed E-state index contributed by atoms with van der Waals surface area (Å²) in [5, 5.41) is 2.71. The van der Waals surface area contributed by atoms with Gasteiger partial charge in [0.15, 0.2) is 0 Å². The van der Waals surface area contributed by atoms with E-state index in [0.717, 1.165) is 46.6 Å². The van der Waals surface area contributed by atoms with Crippen LogP contribution in [0.2, 0.25) is 0 Å². The maximum absolute atomic E-state index is 15.3. The van der Waals surface area contributed by atoms with Gasteiger partial charge < -0.3 is 19.8 Å². The fourth-order valence-corrected chi connectivity index (χ4v) is 6.50. The van der Waals surface area contributed by atoms with Gasteiger partial charge in [-0.25, -0.2) is 27.3 Å². The van der Waals surface area contributed by atoms with E-state index in [0.29, 0.717) is 11.4 Å². The first kappa shape index (κ1) is 37.5. The van der Waals surface area contributed by atoms with Crippen molar-refractivity contribution < 1.29 is 36.6 Å². The molecule has 2 amide bonds.